The fourth-order valence-electron chi connectivity index (χ4n) is 2.86. The largest absolute Gasteiger partial charge is 0.378 e. The third kappa shape index (κ3) is 5.07. The van der Waals surface area contributed by atoms with Crippen molar-refractivity contribution >= 4 is 23.2 Å². The number of ether oxygens (including phenoxy) is 1. The molecule has 1 aliphatic rings. The van der Waals surface area contributed by atoms with Crippen molar-refractivity contribution in [3.05, 3.63) is 60.2 Å². The number of morpholine rings is 1. The van der Waals surface area contributed by atoms with Crippen molar-refractivity contribution in [2.75, 3.05) is 36.5 Å². The zero-order valence-corrected chi connectivity index (χ0v) is 14.6. The zero-order valence-electron chi connectivity index (χ0n) is 14.6. The molecule has 0 aromatic heterocycles. The van der Waals surface area contributed by atoms with E-state index in [1.165, 1.54) is 0 Å². The molecule has 136 valence electrons. The Balaban J connectivity index is 1.54. The van der Waals surface area contributed by atoms with E-state index in [1.54, 1.807) is 0 Å². The van der Waals surface area contributed by atoms with Gasteiger partial charge in [0, 0.05) is 19.6 Å². The molecule has 6 heteroatoms. The van der Waals surface area contributed by atoms with Crippen LogP contribution in [0.1, 0.15) is 12.0 Å². The van der Waals surface area contributed by atoms with Crippen LogP contribution in [0.25, 0.3) is 0 Å². The van der Waals surface area contributed by atoms with E-state index < -0.39 is 0 Å². The van der Waals surface area contributed by atoms with Gasteiger partial charge in [-0.05, 0) is 17.7 Å². The predicted molar refractivity (Wildman–Crippen MR) is 101 cm³/mol. The molecule has 2 aromatic rings. The van der Waals surface area contributed by atoms with Crippen LogP contribution in [0.4, 0.5) is 11.4 Å². The summed E-state index contributed by atoms with van der Waals surface area (Å²) in [6.07, 6.45) is -0.204. The molecular weight excluding hydrogens is 330 g/mol. The van der Waals surface area contributed by atoms with Crippen LogP contribution in [0.5, 0.6) is 0 Å². The fourth-order valence-corrected chi connectivity index (χ4v) is 2.86. The summed E-state index contributed by atoms with van der Waals surface area (Å²) in [7, 11) is 0. The first kappa shape index (κ1) is 17.9. The number of rotatable bonds is 6. The molecule has 1 saturated heterocycles. The first-order valence-electron chi connectivity index (χ1n) is 8.74. The molecule has 26 heavy (non-hydrogen) atoms. The fraction of sp³-hybridized carbons (Fsp3) is 0.300. The van der Waals surface area contributed by atoms with E-state index in [0.29, 0.717) is 19.8 Å². The second-order valence-electron chi connectivity index (χ2n) is 6.10. The van der Waals surface area contributed by atoms with Gasteiger partial charge in [-0.3, -0.25) is 9.59 Å². The molecule has 6 nitrogen and oxygen atoms in total. The summed E-state index contributed by atoms with van der Waals surface area (Å²) in [5.41, 5.74) is 2.67. The molecule has 0 radical (unpaired) electrons. The van der Waals surface area contributed by atoms with Gasteiger partial charge in [0.1, 0.15) is 6.42 Å². The van der Waals surface area contributed by atoms with E-state index in [-0.39, 0.29) is 18.2 Å². The molecule has 0 spiro atoms. The zero-order chi connectivity index (χ0) is 18.2. The van der Waals surface area contributed by atoms with E-state index in [1.807, 2.05) is 54.6 Å². The highest BCUT2D eigenvalue weighted by Crippen LogP contribution is 2.26. The van der Waals surface area contributed by atoms with Crippen molar-refractivity contribution < 1.29 is 14.3 Å². The summed E-state index contributed by atoms with van der Waals surface area (Å²) in [5, 5.41) is 5.62. The van der Waals surface area contributed by atoms with E-state index in [9.17, 15) is 9.59 Å². The summed E-state index contributed by atoms with van der Waals surface area (Å²) < 4.78 is 5.38. The first-order chi connectivity index (χ1) is 12.7. The van der Waals surface area contributed by atoms with Crippen LogP contribution in [0.2, 0.25) is 0 Å². The molecule has 3 rings (SSSR count). The molecule has 0 unspecified atom stereocenters. The van der Waals surface area contributed by atoms with Gasteiger partial charge in [0.2, 0.25) is 11.8 Å². The van der Waals surface area contributed by atoms with Gasteiger partial charge < -0.3 is 20.3 Å². The maximum atomic E-state index is 12.3. The number of nitrogens with zero attached hydrogens (tertiary/aromatic N) is 1. The molecule has 0 aliphatic carbocycles. The van der Waals surface area contributed by atoms with Crippen molar-refractivity contribution in [2.24, 2.45) is 0 Å². The van der Waals surface area contributed by atoms with Crippen molar-refractivity contribution in [2.45, 2.75) is 13.0 Å². The number of carbonyl (C=O) groups excluding carboxylic acids is 2. The Morgan fingerprint density at radius 2 is 1.62 bits per heavy atom. The smallest absolute Gasteiger partial charge is 0.233 e. The van der Waals surface area contributed by atoms with E-state index in [2.05, 4.69) is 15.5 Å². The lowest BCUT2D eigenvalue weighted by Gasteiger charge is -2.30. The topological polar surface area (TPSA) is 70.7 Å². The molecule has 2 amide bonds. The van der Waals surface area contributed by atoms with Crippen LogP contribution < -0.4 is 15.5 Å². The normalized spacial score (nSPS) is 13.9. The highest BCUT2D eigenvalue weighted by atomic mass is 16.5. The Morgan fingerprint density at radius 3 is 2.38 bits per heavy atom. The average molecular weight is 353 g/mol. The minimum Gasteiger partial charge on any atom is -0.378 e. The Labute approximate surface area is 153 Å². The lowest BCUT2D eigenvalue weighted by atomic mass is 10.2. The van der Waals surface area contributed by atoms with Crippen molar-refractivity contribution in [1.29, 1.82) is 0 Å². The lowest BCUT2D eigenvalue weighted by molar-refractivity contribution is -0.126. The van der Waals surface area contributed by atoms with Gasteiger partial charge in [0.05, 0.1) is 24.6 Å². The highest BCUT2D eigenvalue weighted by Gasteiger charge is 2.16. The van der Waals surface area contributed by atoms with Gasteiger partial charge in [0.25, 0.3) is 0 Å². The maximum absolute atomic E-state index is 12.3. The molecule has 0 saturated carbocycles. The molecule has 2 N–H and O–H groups in total. The Hall–Kier alpha value is -2.86. The lowest BCUT2D eigenvalue weighted by Crippen LogP contribution is -2.37. The molecule has 1 heterocycles. The minimum atomic E-state index is -0.323. The Morgan fingerprint density at radius 1 is 0.923 bits per heavy atom. The summed E-state index contributed by atoms with van der Waals surface area (Å²) in [6.45, 7) is 3.32. The van der Waals surface area contributed by atoms with E-state index in [4.69, 9.17) is 4.74 Å². The molecular formula is C20H23N3O3. The number of hydrogen-bond donors (Lipinski definition) is 2. The monoisotopic (exact) mass is 353 g/mol. The third-order valence-electron chi connectivity index (χ3n) is 4.18. The van der Waals surface area contributed by atoms with Crippen LogP contribution >= 0.6 is 0 Å². The molecule has 0 bridgehead atoms. The van der Waals surface area contributed by atoms with Gasteiger partial charge >= 0.3 is 0 Å². The second kappa shape index (κ2) is 9.01. The van der Waals surface area contributed by atoms with Crippen molar-refractivity contribution in [3.63, 3.8) is 0 Å². The molecule has 1 aliphatic heterocycles. The van der Waals surface area contributed by atoms with E-state index in [0.717, 1.165) is 30.0 Å². The SMILES string of the molecule is O=C(CC(=O)Nc1ccccc1N1CCOCC1)NCc1ccccc1. The van der Waals surface area contributed by atoms with Crippen molar-refractivity contribution in [3.8, 4) is 0 Å². The number of hydrogen-bond acceptors (Lipinski definition) is 4. The van der Waals surface area contributed by atoms with Crippen LogP contribution in [-0.2, 0) is 20.9 Å². The van der Waals surface area contributed by atoms with Gasteiger partial charge in [-0.25, -0.2) is 0 Å². The number of carbonyl (C=O) groups is 2. The number of amides is 2. The van der Waals surface area contributed by atoms with Gasteiger partial charge in [-0.2, -0.15) is 0 Å². The van der Waals surface area contributed by atoms with Gasteiger partial charge in [0.15, 0.2) is 0 Å². The number of benzene rings is 2. The predicted octanol–water partition coefficient (Wildman–Crippen LogP) is 2.17. The maximum Gasteiger partial charge on any atom is 0.233 e. The minimum absolute atomic E-state index is 0.204. The number of para-hydroxylation sites is 2. The molecule has 0 atom stereocenters. The van der Waals surface area contributed by atoms with E-state index >= 15 is 0 Å². The number of anilines is 2. The Bertz CT molecular complexity index is 743. The van der Waals surface area contributed by atoms with Crippen LogP contribution in [-0.4, -0.2) is 38.1 Å². The van der Waals surface area contributed by atoms with Crippen LogP contribution in [0.3, 0.4) is 0 Å². The quantitative estimate of drug-likeness (QED) is 0.781. The summed E-state index contributed by atoms with van der Waals surface area (Å²) in [4.78, 5) is 26.4. The highest BCUT2D eigenvalue weighted by molar-refractivity contribution is 6.04. The third-order valence-corrected chi connectivity index (χ3v) is 4.18. The standard InChI is InChI=1S/C20H23N3O3/c24-19(21-15-16-6-2-1-3-7-16)14-20(25)22-17-8-4-5-9-18(17)23-10-12-26-13-11-23/h1-9H,10-15H2,(H,21,24)(H,22,25). The second-order valence-corrected chi connectivity index (χ2v) is 6.10. The summed E-state index contributed by atoms with van der Waals surface area (Å²) in [6, 6.07) is 17.2. The first-order valence-corrected chi connectivity index (χ1v) is 8.74. The Kier molecular flexibility index (Phi) is 6.22. The summed E-state index contributed by atoms with van der Waals surface area (Å²) >= 11 is 0. The van der Waals surface area contributed by atoms with Gasteiger partial charge in [-0.1, -0.05) is 42.5 Å². The summed E-state index contributed by atoms with van der Waals surface area (Å²) in [5.74, 6) is -0.619. The van der Waals surface area contributed by atoms with Crippen LogP contribution in [0, 0.1) is 0 Å². The van der Waals surface area contributed by atoms with Crippen LogP contribution in [0.15, 0.2) is 54.6 Å². The number of nitrogens with one attached hydrogen (secondary N) is 2. The average Bonchev–Trinajstić information content (AvgIpc) is 2.68. The van der Waals surface area contributed by atoms with Crippen molar-refractivity contribution in [1.82, 2.24) is 5.32 Å². The van der Waals surface area contributed by atoms with Gasteiger partial charge in [-0.15, -0.1) is 0 Å². The molecule has 2 aromatic carbocycles. The molecule has 1 fully saturated rings.